The second-order valence-electron chi connectivity index (χ2n) is 5.31. The number of hydrogen-bond acceptors (Lipinski definition) is 4. The minimum Gasteiger partial charge on any atom is -0.478 e. The Morgan fingerprint density at radius 3 is 2.31 bits per heavy atom. The maximum Gasteiger partial charge on any atom is 0.339 e. The SMILES string of the molecule is N#Cc1ccc(C(=O)Nc2csc(-c3ccc(Br)cc3)c2C(=O)O)cc1. The second kappa shape index (κ2) is 7.52. The highest BCUT2D eigenvalue weighted by Crippen LogP contribution is 2.36. The molecule has 0 spiro atoms. The van der Waals surface area contributed by atoms with E-state index in [1.807, 2.05) is 30.3 Å². The number of nitriles is 1. The first kappa shape index (κ1) is 17.9. The van der Waals surface area contributed by atoms with E-state index in [1.165, 1.54) is 35.6 Å². The zero-order valence-corrected chi connectivity index (χ0v) is 15.6. The third kappa shape index (κ3) is 3.67. The summed E-state index contributed by atoms with van der Waals surface area (Å²) in [4.78, 5) is 24.7. The first-order valence-electron chi connectivity index (χ1n) is 7.42. The predicted octanol–water partition coefficient (Wildman–Crippen LogP) is 5.00. The lowest BCUT2D eigenvalue weighted by Gasteiger charge is -2.06. The number of nitrogens with zero attached hydrogens (tertiary/aromatic N) is 1. The lowest BCUT2D eigenvalue weighted by Crippen LogP contribution is -2.14. The molecule has 2 N–H and O–H groups in total. The van der Waals surface area contributed by atoms with Crippen molar-refractivity contribution in [1.82, 2.24) is 0 Å². The first-order valence-corrected chi connectivity index (χ1v) is 9.09. The van der Waals surface area contributed by atoms with Gasteiger partial charge in [0, 0.05) is 15.4 Å². The molecule has 2 aromatic carbocycles. The van der Waals surface area contributed by atoms with E-state index in [4.69, 9.17) is 5.26 Å². The van der Waals surface area contributed by atoms with Crippen LogP contribution in [0.25, 0.3) is 10.4 Å². The number of carbonyl (C=O) groups is 2. The van der Waals surface area contributed by atoms with Crippen molar-refractivity contribution >= 4 is 44.8 Å². The van der Waals surface area contributed by atoms with Gasteiger partial charge in [0.2, 0.25) is 0 Å². The fourth-order valence-corrected chi connectivity index (χ4v) is 3.63. The van der Waals surface area contributed by atoms with Crippen LogP contribution in [0.2, 0.25) is 0 Å². The Balaban J connectivity index is 1.92. The number of nitrogens with one attached hydrogen (secondary N) is 1. The molecule has 26 heavy (non-hydrogen) atoms. The van der Waals surface area contributed by atoms with Crippen LogP contribution in [0.5, 0.6) is 0 Å². The highest BCUT2D eigenvalue weighted by molar-refractivity contribution is 9.10. The monoisotopic (exact) mass is 426 g/mol. The summed E-state index contributed by atoms with van der Waals surface area (Å²) in [5.41, 5.74) is 1.85. The van der Waals surface area contributed by atoms with E-state index in [0.29, 0.717) is 16.0 Å². The molecule has 0 aliphatic heterocycles. The van der Waals surface area contributed by atoms with E-state index in [9.17, 15) is 14.7 Å². The zero-order valence-electron chi connectivity index (χ0n) is 13.2. The molecule has 1 aromatic heterocycles. The molecule has 0 atom stereocenters. The van der Waals surface area contributed by atoms with Gasteiger partial charge in [-0.25, -0.2) is 4.79 Å². The first-order chi connectivity index (χ1) is 12.5. The average Bonchev–Trinajstić information content (AvgIpc) is 3.06. The molecule has 0 aliphatic rings. The predicted molar refractivity (Wildman–Crippen MR) is 104 cm³/mol. The molecule has 128 valence electrons. The number of benzene rings is 2. The van der Waals surface area contributed by atoms with Crippen molar-refractivity contribution in [1.29, 1.82) is 5.26 Å². The summed E-state index contributed by atoms with van der Waals surface area (Å²) in [6.07, 6.45) is 0. The van der Waals surface area contributed by atoms with Crippen molar-refractivity contribution in [2.45, 2.75) is 0 Å². The number of aromatic carboxylic acids is 1. The molecule has 0 saturated heterocycles. The Morgan fingerprint density at radius 1 is 1.08 bits per heavy atom. The Labute approximate surface area is 161 Å². The number of carboxylic acid groups (broad SMARTS) is 1. The molecule has 3 rings (SSSR count). The van der Waals surface area contributed by atoms with Crippen molar-refractivity contribution in [2.75, 3.05) is 5.32 Å². The summed E-state index contributed by atoms with van der Waals surface area (Å²) in [6, 6.07) is 15.4. The van der Waals surface area contributed by atoms with Gasteiger partial charge in [-0.1, -0.05) is 28.1 Å². The number of carboxylic acids is 1. The molecule has 0 radical (unpaired) electrons. The van der Waals surface area contributed by atoms with Crippen molar-refractivity contribution in [2.24, 2.45) is 0 Å². The summed E-state index contributed by atoms with van der Waals surface area (Å²) < 4.78 is 0.893. The van der Waals surface area contributed by atoms with Crippen LogP contribution in [-0.4, -0.2) is 17.0 Å². The molecule has 5 nitrogen and oxygen atoms in total. The van der Waals surface area contributed by atoms with E-state index in [2.05, 4.69) is 21.2 Å². The topological polar surface area (TPSA) is 90.2 Å². The number of amides is 1. The smallest absolute Gasteiger partial charge is 0.339 e. The van der Waals surface area contributed by atoms with Gasteiger partial charge in [-0.05, 0) is 42.0 Å². The third-order valence-electron chi connectivity index (χ3n) is 3.64. The second-order valence-corrected chi connectivity index (χ2v) is 7.10. The Bertz CT molecular complexity index is 1020. The largest absolute Gasteiger partial charge is 0.478 e. The fraction of sp³-hybridized carbons (Fsp3) is 0. The summed E-state index contributed by atoms with van der Waals surface area (Å²) in [7, 11) is 0. The van der Waals surface area contributed by atoms with Crippen molar-refractivity contribution in [3.63, 3.8) is 0 Å². The highest BCUT2D eigenvalue weighted by Gasteiger charge is 2.21. The lowest BCUT2D eigenvalue weighted by molar-refractivity contribution is 0.0699. The quantitative estimate of drug-likeness (QED) is 0.613. The fourth-order valence-electron chi connectivity index (χ4n) is 2.37. The van der Waals surface area contributed by atoms with Crippen molar-refractivity contribution in [3.8, 4) is 16.5 Å². The summed E-state index contributed by atoms with van der Waals surface area (Å²) in [5.74, 6) is -1.54. The van der Waals surface area contributed by atoms with Crippen LogP contribution in [0.15, 0.2) is 58.4 Å². The van der Waals surface area contributed by atoms with Crippen LogP contribution in [0.1, 0.15) is 26.3 Å². The standard InChI is InChI=1S/C19H11BrN2O3S/c20-14-7-5-12(6-8-14)17-16(19(24)25)15(10-26-17)22-18(23)13-3-1-11(9-21)2-4-13/h1-8,10H,(H,22,23)(H,24,25). The van der Waals surface area contributed by atoms with E-state index >= 15 is 0 Å². The van der Waals surface area contributed by atoms with Crippen LogP contribution >= 0.6 is 27.3 Å². The molecular formula is C19H11BrN2O3S. The van der Waals surface area contributed by atoms with Crippen LogP contribution in [0.4, 0.5) is 5.69 Å². The Morgan fingerprint density at radius 2 is 1.73 bits per heavy atom. The van der Waals surface area contributed by atoms with Gasteiger partial charge in [0.15, 0.2) is 0 Å². The molecule has 0 saturated carbocycles. The molecule has 1 heterocycles. The van der Waals surface area contributed by atoms with Crippen molar-refractivity contribution < 1.29 is 14.7 Å². The molecular weight excluding hydrogens is 416 g/mol. The van der Waals surface area contributed by atoms with Crippen LogP contribution < -0.4 is 5.32 Å². The Kier molecular flexibility index (Phi) is 5.16. The number of anilines is 1. The number of halogens is 1. The lowest BCUT2D eigenvalue weighted by atomic mass is 10.1. The number of thiophene rings is 1. The highest BCUT2D eigenvalue weighted by atomic mass is 79.9. The van der Waals surface area contributed by atoms with Gasteiger partial charge in [0.25, 0.3) is 5.91 Å². The van der Waals surface area contributed by atoms with Crippen molar-refractivity contribution in [3.05, 3.63) is 75.1 Å². The van der Waals surface area contributed by atoms with Crippen LogP contribution in [0, 0.1) is 11.3 Å². The minimum atomic E-state index is -1.11. The molecule has 1 amide bonds. The summed E-state index contributed by atoms with van der Waals surface area (Å²) in [5, 5.41) is 22.7. The molecule has 3 aromatic rings. The van der Waals surface area contributed by atoms with Gasteiger partial charge in [0.05, 0.1) is 22.2 Å². The molecule has 7 heteroatoms. The molecule has 0 bridgehead atoms. The number of hydrogen-bond donors (Lipinski definition) is 2. The van der Waals surface area contributed by atoms with Gasteiger partial charge in [-0.15, -0.1) is 11.3 Å². The zero-order chi connectivity index (χ0) is 18.7. The van der Waals surface area contributed by atoms with Crippen LogP contribution in [0.3, 0.4) is 0 Å². The van der Waals surface area contributed by atoms with E-state index in [1.54, 1.807) is 5.38 Å². The molecule has 0 unspecified atom stereocenters. The minimum absolute atomic E-state index is 0.0549. The average molecular weight is 427 g/mol. The Hall–Kier alpha value is -2.95. The summed E-state index contributed by atoms with van der Waals surface area (Å²) >= 11 is 4.60. The summed E-state index contributed by atoms with van der Waals surface area (Å²) in [6.45, 7) is 0. The molecule has 0 aliphatic carbocycles. The van der Waals surface area contributed by atoms with Gasteiger partial charge in [-0.2, -0.15) is 5.26 Å². The number of rotatable bonds is 4. The van der Waals surface area contributed by atoms with Gasteiger partial charge in [-0.3, -0.25) is 4.79 Å². The third-order valence-corrected chi connectivity index (χ3v) is 5.19. The van der Waals surface area contributed by atoms with E-state index < -0.39 is 11.9 Å². The van der Waals surface area contributed by atoms with E-state index in [-0.39, 0.29) is 11.3 Å². The van der Waals surface area contributed by atoms with Gasteiger partial charge in [0.1, 0.15) is 5.56 Å². The maximum atomic E-state index is 12.4. The van der Waals surface area contributed by atoms with Gasteiger partial charge < -0.3 is 10.4 Å². The normalized spacial score (nSPS) is 10.2. The molecule has 0 fully saturated rings. The number of carbonyl (C=O) groups excluding carboxylic acids is 1. The van der Waals surface area contributed by atoms with Gasteiger partial charge >= 0.3 is 5.97 Å². The maximum absolute atomic E-state index is 12.4. The van der Waals surface area contributed by atoms with Crippen LogP contribution in [-0.2, 0) is 0 Å². The van der Waals surface area contributed by atoms with E-state index in [0.717, 1.165) is 10.0 Å².